The largest absolute Gasteiger partial charge is 0.496 e. The summed E-state index contributed by atoms with van der Waals surface area (Å²) in [5.74, 6) is 2.06. The maximum atomic E-state index is 5.89. The number of likely N-dealkylation sites (tertiary alicyclic amines) is 1. The van der Waals surface area contributed by atoms with Gasteiger partial charge in [0.2, 0.25) is 11.7 Å². The van der Waals surface area contributed by atoms with E-state index in [1.165, 1.54) is 0 Å². The Balaban J connectivity index is 1.45. The van der Waals surface area contributed by atoms with Crippen molar-refractivity contribution in [2.24, 2.45) is 0 Å². The van der Waals surface area contributed by atoms with Gasteiger partial charge in [0.25, 0.3) is 0 Å². The highest BCUT2D eigenvalue weighted by Gasteiger charge is 2.38. The summed E-state index contributed by atoms with van der Waals surface area (Å²) in [6.45, 7) is 6.35. The zero-order valence-electron chi connectivity index (χ0n) is 14.9. The highest BCUT2D eigenvalue weighted by Crippen LogP contribution is 2.26. The van der Waals surface area contributed by atoms with Crippen molar-refractivity contribution in [1.82, 2.24) is 19.9 Å². The number of aryl methyl sites for hydroxylation is 1. The molecule has 7 heteroatoms. The number of ether oxygens (including phenoxy) is 2. The summed E-state index contributed by atoms with van der Waals surface area (Å²) < 4.78 is 16.7. The van der Waals surface area contributed by atoms with Crippen LogP contribution in [0.5, 0.6) is 5.75 Å². The van der Waals surface area contributed by atoms with Crippen LogP contribution in [0.4, 0.5) is 0 Å². The van der Waals surface area contributed by atoms with E-state index in [4.69, 9.17) is 14.0 Å². The SMILES string of the molecule is COc1cc(-c2noc(CN3C[C@H]4OCCN(C)[C@H]4C3)n2)ccc1C. The van der Waals surface area contributed by atoms with E-state index in [1.807, 2.05) is 25.1 Å². The van der Waals surface area contributed by atoms with Gasteiger partial charge in [0.1, 0.15) is 5.75 Å². The second kappa shape index (κ2) is 6.74. The lowest BCUT2D eigenvalue weighted by atomic mass is 10.1. The van der Waals surface area contributed by atoms with Gasteiger partial charge < -0.3 is 14.0 Å². The number of hydrogen-bond donors (Lipinski definition) is 0. The van der Waals surface area contributed by atoms with Gasteiger partial charge >= 0.3 is 0 Å². The van der Waals surface area contributed by atoms with Crippen LogP contribution in [-0.4, -0.2) is 72.5 Å². The molecule has 0 unspecified atom stereocenters. The maximum absolute atomic E-state index is 5.89. The van der Waals surface area contributed by atoms with Gasteiger partial charge in [-0.3, -0.25) is 9.80 Å². The number of aromatic nitrogens is 2. The van der Waals surface area contributed by atoms with Gasteiger partial charge in [0, 0.05) is 31.2 Å². The zero-order chi connectivity index (χ0) is 17.4. The number of likely N-dealkylation sites (N-methyl/N-ethyl adjacent to an activating group) is 1. The van der Waals surface area contributed by atoms with Crippen LogP contribution < -0.4 is 4.74 Å². The number of rotatable bonds is 4. The quantitative estimate of drug-likeness (QED) is 0.834. The van der Waals surface area contributed by atoms with E-state index in [1.54, 1.807) is 7.11 Å². The Kier molecular flexibility index (Phi) is 4.45. The molecular formula is C18H24N4O3. The molecule has 0 aliphatic carbocycles. The third kappa shape index (κ3) is 3.27. The lowest BCUT2D eigenvalue weighted by Crippen LogP contribution is -2.48. The summed E-state index contributed by atoms with van der Waals surface area (Å²) in [4.78, 5) is 9.26. The van der Waals surface area contributed by atoms with E-state index in [-0.39, 0.29) is 6.10 Å². The topological polar surface area (TPSA) is 63.9 Å². The fraction of sp³-hybridized carbons (Fsp3) is 0.556. The molecule has 2 aliphatic heterocycles. The summed E-state index contributed by atoms with van der Waals surface area (Å²) >= 11 is 0. The zero-order valence-corrected chi connectivity index (χ0v) is 14.9. The molecule has 2 atom stereocenters. The molecule has 0 bridgehead atoms. The molecule has 2 aromatic rings. The van der Waals surface area contributed by atoms with Crippen molar-refractivity contribution in [3.8, 4) is 17.1 Å². The number of methoxy groups -OCH3 is 1. The minimum atomic E-state index is 0.280. The highest BCUT2D eigenvalue weighted by molar-refractivity contribution is 5.58. The summed E-state index contributed by atoms with van der Waals surface area (Å²) in [6, 6.07) is 6.39. The predicted molar refractivity (Wildman–Crippen MR) is 92.5 cm³/mol. The van der Waals surface area contributed by atoms with Gasteiger partial charge in [-0.25, -0.2) is 0 Å². The molecule has 134 valence electrons. The molecular weight excluding hydrogens is 320 g/mol. The molecule has 0 amide bonds. The van der Waals surface area contributed by atoms with Crippen LogP contribution in [0.2, 0.25) is 0 Å². The van der Waals surface area contributed by atoms with Gasteiger partial charge in [-0.15, -0.1) is 0 Å². The first-order valence-corrected chi connectivity index (χ1v) is 8.66. The first-order chi connectivity index (χ1) is 12.1. The minimum Gasteiger partial charge on any atom is -0.496 e. The molecule has 4 rings (SSSR count). The van der Waals surface area contributed by atoms with Gasteiger partial charge in [-0.1, -0.05) is 17.3 Å². The van der Waals surface area contributed by atoms with E-state index in [9.17, 15) is 0 Å². The summed E-state index contributed by atoms with van der Waals surface area (Å²) in [6.07, 6.45) is 0.280. The normalized spacial score (nSPS) is 24.4. The minimum absolute atomic E-state index is 0.280. The lowest BCUT2D eigenvalue weighted by molar-refractivity contribution is -0.0370. The van der Waals surface area contributed by atoms with E-state index in [2.05, 4.69) is 27.0 Å². The van der Waals surface area contributed by atoms with Gasteiger partial charge in [0.15, 0.2) is 0 Å². The molecule has 0 spiro atoms. The number of fused-ring (bicyclic) bond motifs is 1. The number of nitrogens with zero attached hydrogens (tertiary/aromatic N) is 4. The van der Waals surface area contributed by atoms with Crippen LogP contribution in [0.1, 0.15) is 11.5 Å². The molecule has 0 saturated carbocycles. The molecule has 2 aliphatic rings. The second-order valence-corrected chi connectivity index (χ2v) is 6.85. The molecule has 2 fully saturated rings. The highest BCUT2D eigenvalue weighted by atomic mass is 16.5. The number of hydrogen-bond acceptors (Lipinski definition) is 7. The van der Waals surface area contributed by atoms with Crippen LogP contribution >= 0.6 is 0 Å². The molecule has 0 N–H and O–H groups in total. The second-order valence-electron chi connectivity index (χ2n) is 6.85. The van der Waals surface area contributed by atoms with Crippen LogP contribution in [0, 0.1) is 6.92 Å². The Labute approximate surface area is 147 Å². The Bertz CT molecular complexity index is 748. The van der Waals surface area contributed by atoms with E-state index >= 15 is 0 Å². The first-order valence-electron chi connectivity index (χ1n) is 8.66. The Morgan fingerprint density at radius 3 is 3.00 bits per heavy atom. The van der Waals surface area contributed by atoms with Crippen molar-refractivity contribution in [1.29, 1.82) is 0 Å². The molecule has 1 aromatic heterocycles. The van der Waals surface area contributed by atoms with E-state index in [0.717, 1.165) is 43.1 Å². The van der Waals surface area contributed by atoms with E-state index < -0.39 is 0 Å². The van der Waals surface area contributed by atoms with Gasteiger partial charge in [-0.05, 0) is 25.6 Å². The van der Waals surface area contributed by atoms with Crippen molar-refractivity contribution in [2.45, 2.75) is 25.6 Å². The van der Waals surface area contributed by atoms with Crippen LogP contribution in [0.3, 0.4) is 0 Å². The van der Waals surface area contributed by atoms with Crippen LogP contribution in [0.15, 0.2) is 22.7 Å². The standard InChI is InChI=1S/C18H24N4O3/c1-12-4-5-13(8-15(12)23-3)18-19-17(25-20-18)11-22-9-14-16(10-22)24-7-6-21(14)2/h4-5,8,14,16H,6-7,9-11H2,1-3H3/t14-,16+/m0/s1. The Morgan fingerprint density at radius 1 is 1.32 bits per heavy atom. The summed E-state index contributed by atoms with van der Waals surface area (Å²) in [5, 5.41) is 4.13. The lowest BCUT2D eigenvalue weighted by Gasteiger charge is -2.33. The third-order valence-corrected chi connectivity index (χ3v) is 5.15. The number of benzene rings is 1. The Morgan fingerprint density at radius 2 is 2.20 bits per heavy atom. The van der Waals surface area contributed by atoms with Crippen molar-refractivity contribution in [2.75, 3.05) is 40.4 Å². The maximum Gasteiger partial charge on any atom is 0.241 e. The predicted octanol–water partition coefficient (Wildman–Crippen LogP) is 1.57. The molecule has 0 radical (unpaired) electrons. The van der Waals surface area contributed by atoms with Gasteiger partial charge in [-0.2, -0.15) is 4.98 Å². The third-order valence-electron chi connectivity index (χ3n) is 5.15. The van der Waals surface area contributed by atoms with Crippen LogP contribution in [0.25, 0.3) is 11.4 Å². The monoisotopic (exact) mass is 344 g/mol. The first kappa shape index (κ1) is 16.5. The van der Waals surface area contributed by atoms with Gasteiger partial charge in [0.05, 0.1) is 26.4 Å². The van der Waals surface area contributed by atoms with Crippen molar-refractivity contribution < 1.29 is 14.0 Å². The van der Waals surface area contributed by atoms with E-state index in [0.29, 0.717) is 24.3 Å². The molecule has 3 heterocycles. The average Bonchev–Trinajstić information content (AvgIpc) is 3.23. The van der Waals surface area contributed by atoms with Crippen molar-refractivity contribution in [3.63, 3.8) is 0 Å². The summed E-state index contributed by atoms with van der Waals surface area (Å²) in [7, 11) is 3.83. The molecule has 1 aromatic carbocycles. The molecule has 2 saturated heterocycles. The number of morpholine rings is 1. The smallest absolute Gasteiger partial charge is 0.241 e. The van der Waals surface area contributed by atoms with Crippen molar-refractivity contribution in [3.05, 3.63) is 29.7 Å². The van der Waals surface area contributed by atoms with Crippen LogP contribution in [-0.2, 0) is 11.3 Å². The Hall–Kier alpha value is -1.96. The molecule has 25 heavy (non-hydrogen) atoms. The summed E-state index contributed by atoms with van der Waals surface area (Å²) in [5.41, 5.74) is 1.98. The van der Waals surface area contributed by atoms with Crippen molar-refractivity contribution >= 4 is 0 Å². The fourth-order valence-corrected chi connectivity index (χ4v) is 3.65. The fourth-order valence-electron chi connectivity index (χ4n) is 3.65. The molecule has 7 nitrogen and oxygen atoms in total. The average molecular weight is 344 g/mol.